The molecule has 4 rings (SSSR count). The zero-order chi connectivity index (χ0) is 30.3. The Bertz CT molecular complexity index is 1530. The van der Waals surface area contributed by atoms with Crippen LogP contribution in [-0.2, 0) is 21.1 Å². The van der Waals surface area contributed by atoms with Crippen LogP contribution in [0.5, 0.6) is 5.75 Å². The van der Waals surface area contributed by atoms with E-state index in [4.69, 9.17) is 9.47 Å². The van der Waals surface area contributed by atoms with Crippen LogP contribution in [0.2, 0.25) is 0 Å². The van der Waals surface area contributed by atoms with E-state index in [0.717, 1.165) is 41.5 Å². The van der Waals surface area contributed by atoms with Gasteiger partial charge in [0.1, 0.15) is 11.9 Å². The number of aliphatic hydroxyl groups excluding tert-OH is 1. The number of likely N-dealkylation sites (tertiary alicyclic amines) is 1. The van der Waals surface area contributed by atoms with Gasteiger partial charge < -0.3 is 29.8 Å². The molecular formula is C31H41FN4O5S. The maximum atomic E-state index is 15.2. The molecule has 2 aromatic carbocycles. The lowest BCUT2D eigenvalue weighted by molar-refractivity contribution is 0.0215. The number of sulfone groups is 1. The van der Waals surface area contributed by atoms with Crippen molar-refractivity contribution in [3.63, 3.8) is 0 Å². The number of piperidine rings is 1. The number of rotatable bonds is 12. The van der Waals surface area contributed by atoms with Gasteiger partial charge in [-0.2, -0.15) is 0 Å². The molecule has 0 spiro atoms. The van der Waals surface area contributed by atoms with Crippen LogP contribution in [0.15, 0.2) is 47.4 Å². The van der Waals surface area contributed by atoms with Crippen LogP contribution >= 0.6 is 0 Å². The number of β-amino-alcohol motifs (C(OH)–C–C–N with tert-alkyl or cyclic N) is 1. The number of hydrogen-bond donors (Lipinski definition) is 3. The monoisotopic (exact) mass is 600 g/mol. The smallest absolute Gasteiger partial charge is 0.175 e. The predicted octanol–water partition coefficient (Wildman–Crippen LogP) is 3.76. The molecule has 0 radical (unpaired) electrons. The zero-order valence-electron chi connectivity index (χ0n) is 24.7. The molecule has 1 fully saturated rings. The summed E-state index contributed by atoms with van der Waals surface area (Å²) in [5.74, 6) is 6.88. The summed E-state index contributed by atoms with van der Waals surface area (Å²) in [4.78, 5) is 2.14. The summed E-state index contributed by atoms with van der Waals surface area (Å²) in [6.45, 7) is 4.82. The second kappa shape index (κ2) is 14.2. The first-order valence-electron chi connectivity index (χ1n) is 14.2. The third kappa shape index (κ3) is 7.75. The van der Waals surface area contributed by atoms with Crippen LogP contribution < -0.4 is 15.4 Å². The number of benzene rings is 2. The van der Waals surface area contributed by atoms with Crippen molar-refractivity contribution in [2.45, 2.75) is 49.5 Å². The number of aliphatic hydroxyl groups is 1. The average Bonchev–Trinajstić information content (AvgIpc) is 3.30. The number of methoxy groups -OCH3 is 2. The minimum absolute atomic E-state index is 0.190. The Morgan fingerprint density at radius 3 is 2.69 bits per heavy atom. The molecule has 3 atom stereocenters. The highest BCUT2D eigenvalue weighted by Crippen LogP contribution is 2.30. The Hall–Kier alpha value is -3.30. The fraction of sp³-hybridized carbons (Fsp3) is 0.484. The highest BCUT2D eigenvalue weighted by Gasteiger charge is 2.30. The van der Waals surface area contributed by atoms with Crippen LogP contribution in [0.3, 0.4) is 0 Å². The Balaban J connectivity index is 1.49. The van der Waals surface area contributed by atoms with Gasteiger partial charge in [0.2, 0.25) is 0 Å². The second-order valence-electron chi connectivity index (χ2n) is 10.6. The first-order chi connectivity index (χ1) is 20.1. The summed E-state index contributed by atoms with van der Waals surface area (Å²) < 4.78 is 51.5. The third-order valence-corrected chi connectivity index (χ3v) is 8.48. The summed E-state index contributed by atoms with van der Waals surface area (Å²) in [7, 11) is -0.304. The van der Waals surface area contributed by atoms with Crippen LogP contribution in [0.25, 0.3) is 10.9 Å². The Morgan fingerprint density at radius 2 is 2.00 bits per heavy atom. The summed E-state index contributed by atoms with van der Waals surface area (Å²) in [5, 5.41) is 17.7. The van der Waals surface area contributed by atoms with Crippen LogP contribution in [0.1, 0.15) is 25.5 Å². The Labute approximate surface area is 247 Å². The standard InChI is InChI=1S/C31H41FN4O5S/c1-5-15-36-22(8-7-14-33-29-12-11-24(42(4,38)39)18-31(29)41-3)17-25-27(9-6-10-30(25)36)34-28-13-16-35(20-26(28)32)19-23(37)21-40-2/h6,9-12,17-18,23,26,28,33-34,37H,5,13-16,19-21H2,1-4H3/t23-,26?,28?/m1/s1. The molecule has 2 unspecified atom stereocenters. The second-order valence-corrected chi connectivity index (χ2v) is 12.6. The topological polar surface area (TPSA) is 105 Å². The largest absolute Gasteiger partial charge is 0.495 e. The highest BCUT2D eigenvalue weighted by atomic mass is 32.2. The van der Waals surface area contributed by atoms with E-state index < -0.39 is 22.1 Å². The number of anilines is 2. The van der Waals surface area contributed by atoms with Gasteiger partial charge in [0.15, 0.2) is 9.84 Å². The number of aryl methyl sites for hydroxylation is 1. The van der Waals surface area contributed by atoms with E-state index >= 15 is 4.39 Å². The molecule has 0 bridgehead atoms. The van der Waals surface area contributed by atoms with Gasteiger partial charge in [-0.15, -0.1) is 0 Å². The molecule has 0 aliphatic carbocycles. The molecule has 1 aliphatic rings. The van der Waals surface area contributed by atoms with Crippen molar-refractivity contribution in [2.24, 2.45) is 0 Å². The van der Waals surface area contributed by atoms with Crippen LogP contribution in [0.4, 0.5) is 15.8 Å². The quantitative estimate of drug-likeness (QED) is 0.270. The average molecular weight is 601 g/mol. The minimum atomic E-state index is -3.34. The number of halogens is 1. The number of alkyl halides is 1. The van der Waals surface area contributed by atoms with Gasteiger partial charge in [-0.25, -0.2) is 12.8 Å². The predicted molar refractivity (Wildman–Crippen MR) is 165 cm³/mol. The summed E-state index contributed by atoms with van der Waals surface area (Å²) >= 11 is 0. The molecule has 42 heavy (non-hydrogen) atoms. The Kier molecular flexibility index (Phi) is 10.7. The zero-order valence-corrected chi connectivity index (χ0v) is 25.5. The number of aromatic nitrogens is 1. The third-order valence-electron chi connectivity index (χ3n) is 7.37. The van der Waals surface area contributed by atoms with Gasteiger partial charge in [0.25, 0.3) is 0 Å². The van der Waals surface area contributed by atoms with Crippen molar-refractivity contribution in [1.82, 2.24) is 9.47 Å². The minimum Gasteiger partial charge on any atom is -0.495 e. The Morgan fingerprint density at radius 1 is 1.19 bits per heavy atom. The van der Waals surface area contributed by atoms with Crippen LogP contribution in [0, 0.1) is 11.8 Å². The van der Waals surface area contributed by atoms with Crippen molar-refractivity contribution < 1.29 is 27.4 Å². The molecule has 1 aliphatic heterocycles. The van der Waals surface area contributed by atoms with Gasteiger partial charge in [0.05, 0.1) is 54.2 Å². The van der Waals surface area contributed by atoms with E-state index in [2.05, 4.69) is 40.0 Å². The molecule has 3 N–H and O–H groups in total. The highest BCUT2D eigenvalue weighted by molar-refractivity contribution is 7.90. The van der Waals surface area contributed by atoms with E-state index in [-0.39, 0.29) is 24.1 Å². The van der Waals surface area contributed by atoms with Gasteiger partial charge in [-0.3, -0.25) is 4.90 Å². The molecule has 0 amide bonds. The molecule has 11 heteroatoms. The van der Waals surface area contributed by atoms with Crippen molar-refractivity contribution >= 4 is 32.1 Å². The van der Waals surface area contributed by atoms with E-state index in [1.54, 1.807) is 13.2 Å². The number of ether oxygens (including phenoxy) is 2. The van der Waals surface area contributed by atoms with Crippen molar-refractivity contribution in [2.75, 3.05) is 63.9 Å². The van der Waals surface area contributed by atoms with E-state index in [1.165, 1.54) is 19.2 Å². The van der Waals surface area contributed by atoms with E-state index in [1.807, 2.05) is 23.1 Å². The van der Waals surface area contributed by atoms with Gasteiger partial charge in [-0.05, 0) is 49.1 Å². The molecular weight excluding hydrogens is 559 g/mol. The summed E-state index contributed by atoms with van der Waals surface area (Å²) in [5.41, 5.74) is 3.42. The van der Waals surface area contributed by atoms with E-state index in [0.29, 0.717) is 37.5 Å². The maximum absolute atomic E-state index is 15.2. The van der Waals surface area contributed by atoms with Gasteiger partial charge in [-0.1, -0.05) is 18.9 Å². The lowest BCUT2D eigenvalue weighted by atomic mass is 10.0. The first kappa shape index (κ1) is 31.6. The van der Waals surface area contributed by atoms with Gasteiger partial charge in [0, 0.05) is 56.7 Å². The summed E-state index contributed by atoms with van der Waals surface area (Å²) in [6.07, 6.45) is 1.01. The fourth-order valence-corrected chi connectivity index (χ4v) is 5.98. The number of nitrogens with one attached hydrogen (secondary N) is 2. The van der Waals surface area contributed by atoms with Crippen molar-refractivity contribution in [3.8, 4) is 17.6 Å². The number of hydrogen-bond acceptors (Lipinski definition) is 8. The molecule has 3 aromatic rings. The molecule has 228 valence electrons. The molecule has 2 heterocycles. The van der Waals surface area contributed by atoms with Crippen molar-refractivity contribution in [3.05, 3.63) is 48.2 Å². The molecule has 0 saturated carbocycles. The lowest BCUT2D eigenvalue weighted by Gasteiger charge is -2.36. The van der Waals surface area contributed by atoms with Crippen LogP contribution in [-0.4, -0.2) is 94.6 Å². The van der Waals surface area contributed by atoms with Crippen molar-refractivity contribution in [1.29, 1.82) is 0 Å². The molecule has 9 nitrogen and oxygen atoms in total. The normalized spacial score (nSPS) is 18.3. The maximum Gasteiger partial charge on any atom is 0.175 e. The first-order valence-corrected chi connectivity index (χ1v) is 16.1. The number of nitrogens with zero attached hydrogens (tertiary/aromatic N) is 2. The lowest BCUT2D eigenvalue weighted by Crippen LogP contribution is -2.50. The van der Waals surface area contributed by atoms with E-state index in [9.17, 15) is 13.5 Å². The summed E-state index contributed by atoms with van der Waals surface area (Å²) in [6, 6.07) is 12.4. The number of fused-ring (bicyclic) bond motifs is 1. The molecule has 1 saturated heterocycles. The fourth-order valence-electron chi connectivity index (χ4n) is 5.34. The van der Waals surface area contributed by atoms with Gasteiger partial charge >= 0.3 is 0 Å². The SMILES string of the molecule is CCCn1c(C#CCNc2ccc(S(C)(=O)=O)cc2OC)cc2c(NC3CCN(C[C@@H](O)COC)CC3F)cccc21. The molecule has 1 aromatic heterocycles.